The standard InChI is InChI=1S/C20H14N2OS/c1-3-9-15(10-4-1)19(16-11-5-2-6-12-16)22-24-20-21-17-13-7-8-14-18(17)23-20/h1-14H. The average molecular weight is 330 g/mol. The normalized spacial score (nSPS) is 10.7. The number of oxazole rings is 1. The molecule has 3 aromatic carbocycles. The van der Waals surface area contributed by atoms with Crippen molar-refractivity contribution in [3.63, 3.8) is 0 Å². The molecule has 4 rings (SSSR count). The molecule has 0 N–H and O–H groups in total. The molecule has 0 saturated carbocycles. The molecule has 0 spiro atoms. The van der Waals surface area contributed by atoms with Crippen molar-refractivity contribution < 1.29 is 4.42 Å². The van der Waals surface area contributed by atoms with Crippen LogP contribution in [0.3, 0.4) is 0 Å². The Morgan fingerprint density at radius 3 is 1.96 bits per heavy atom. The Bertz CT molecular complexity index is 904. The van der Waals surface area contributed by atoms with Crippen molar-refractivity contribution in [1.82, 2.24) is 4.98 Å². The molecule has 4 heteroatoms. The predicted octanol–water partition coefficient (Wildman–Crippen LogP) is 5.37. The number of fused-ring (bicyclic) bond motifs is 1. The molecule has 4 aromatic rings. The van der Waals surface area contributed by atoms with Crippen LogP contribution in [0.1, 0.15) is 11.1 Å². The minimum absolute atomic E-state index is 0.542. The number of hydrogen-bond acceptors (Lipinski definition) is 4. The van der Waals surface area contributed by atoms with Gasteiger partial charge in [0.25, 0.3) is 5.22 Å². The van der Waals surface area contributed by atoms with Crippen LogP contribution in [0.15, 0.2) is 99.0 Å². The minimum Gasteiger partial charge on any atom is -0.430 e. The quantitative estimate of drug-likeness (QED) is 0.373. The molecule has 3 nitrogen and oxygen atoms in total. The predicted molar refractivity (Wildman–Crippen MR) is 98.4 cm³/mol. The van der Waals surface area contributed by atoms with Crippen molar-refractivity contribution in [2.24, 2.45) is 4.40 Å². The molecule has 0 unspecified atom stereocenters. The van der Waals surface area contributed by atoms with Gasteiger partial charge in [0.2, 0.25) is 0 Å². The van der Waals surface area contributed by atoms with E-state index < -0.39 is 0 Å². The van der Waals surface area contributed by atoms with E-state index >= 15 is 0 Å². The van der Waals surface area contributed by atoms with E-state index in [1.807, 2.05) is 60.7 Å². The fourth-order valence-electron chi connectivity index (χ4n) is 2.44. The maximum absolute atomic E-state index is 5.73. The molecular weight excluding hydrogens is 316 g/mol. The molecule has 1 aromatic heterocycles. The van der Waals surface area contributed by atoms with Gasteiger partial charge in [0.05, 0.1) is 17.7 Å². The van der Waals surface area contributed by atoms with Crippen molar-refractivity contribution in [3.8, 4) is 0 Å². The van der Waals surface area contributed by atoms with Crippen LogP contribution in [0.5, 0.6) is 0 Å². The fourth-order valence-corrected chi connectivity index (χ4v) is 3.09. The number of rotatable bonds is 4. The number of hydrogen-bond donors (Lipinski definition) is 0. The van der Waals surface area contributed by atoms with E-state index in [4.69, 9.17) is 8.81 Å². The van der Waals surface area contributed by atoms with Crippen LogP contribution in [-0.2, 0) is 0 Å². The van der Waals surface area contributed by atoms with Gasteiger partial charge in [-0.1, -0.05) is 72.8 Å². The van der Waals surface area contributed by atoms with Crippen molar-refractivity contribution in [2.75, 3.05) is 0 Å². The third-order valence-electron chi connectivity index (χ3n) is 3.58. The third-order valence-corrected chi connectivity index (χ3v) is 4.19. The van der Waals surface area contributed by atoms with Crippen molar-refractivity contribution in [3.05, 3.63) is 96.1 Å². The molecule has 116 valence electrons. The second-order valence-electron chi connectivity index (χ2n) is 5.21. The van der Waals surface area contributed by atoms with Crippen molar-refractivity contribution >= 4 is 28.8 Å². The largest absolute Gasteiger partial charge is 0.430 e. The summed E-state index contributed by atoms with van der Waals surface area (Å²) >= 11 is 1.25. The monoisotopic (exact) mass is 330 g/mol. The van der Waals surface area contributed by atoms with Gasteiger partial charge in [0.1, 0.15) is 5.52 Å². The number of nitrogens with zero attached hydrogens (tertiary/aromatic N) is 2. The van der Waals surface area contributed by atoms with Crippen LogP contribution in [-0.4, -0.2) is 10.7 Å². The van der Waals surface area contributed by atoms with Gasteiger partial charge in [-0.15, -0.1) is 0 Å². The van der Waals surface area contributed by atoms with E-state index in [0.29, 0.717) is 5.22 Å². The molecule has 0 fully saturated rings. The Balaban J connectivity index is 1.71. The van der Waals surface area contributed by atoms with Crippen LogP contribution < -0.4 is 0 Å². The Kier molecular flexibility index (Phi) is 4.13. The Hall–Kier alpha value is -2.85. The maximum atomic E-state index is 5.73. The van der Waals surface area contributed by atoms with Crippen LogP contribution >= 0.6 is 11.9 Å². The van der Waals surface area contributed by atoms with Crippen LogP contribution in [0.4, 0.5) is 0 Å². The first kappa shape index (κ1) is 14.7. The lowest BCUT2D eigenvalue weighted by Gasteiger charge is -2.06. The first-order chi connectivity index (χ1) is 11.9. The summed E-state index contributed by atoms with van der Waals surface area (Å²) < 4.78 is 10.4. The first-order valence-corrected chi connectivity index (χ1v) is 8.39. The van der Waals surface area contributed by atoms with Gasteiger partial charge < -0.3 is 4.42 Å². The zero-order valence-electron chi connectivity index (χ0n) is 12.8. The molecular formula is C20H14N2OS. The number of benzene rings is 3. The average Bonchev–Trinajstić information content (AvgIpc) is 3.07. The van der Waals surface area contributed by atoms with Crippen LogP contribution in [0.25, 0.3) is 11.1 Å². The summed E-state index contributed by atoms with van der Waals surface area (Å²) in [4.78, 5) is 4.46. The van der Waals surface area contributed by atoms with E-state index in [-0.39, 0.29) is 0 Å². The fraction of sp³-hybridized carbons (Fsp3) is 0. The lowest BCUT2D eigenvalue weighted by atomic mass is 10.0. The molecule has 0 aliphatic heterocycles. The summed E-state index contributed by atoms with van der Waals surface area (Å²) in [6.45, 7) is 0. The zero-order chi connectivity index (χ0) is 16.2. The summed E-state index contributed by atoms with van der Waals surface area (Å²) in [6, 6.07) is 28.0. The smallest absolute Gasteiger partial charge is 0.279 e. The maximum Gasteiger partial charge on any atom is 0.279 e. The van der Waals surface area contributed by atoms with E-state index in [2.05, 4.69) is 29.2 Å². The SMILES string of the molecule is c1ccc(C(=NSc2nc3ccccc3o2)c2ccccc2)cc1. The first-order valence-electron chi connectivity index (χ1n) is 7.61. The molecule has 24 heavy (non-hydrogen) atoms. The number of aromatic nitrogens is 1. The highest BCUT2D eigenvalue weighted by atomic mass is 32.2. The molecule has 0 bridgehead atoms. The second-order valence-corrected chi connectivity index (χ2v) is 5.93. The van der Waals surface area contributed by atoms with Gasteiger partial charge >= 0.3 is 0 Å². The van der Waals surface area contributed by atoms with Gasteiger partial charge in [-0.3, -0.25) is 0 Å². The van der Waals surface area contributed by atoms with E-state index in [1.165, 1.54) is 11.9 Å². The van der Waals surface area contributed by atoms with Crippen molar-refractivity contribution in [2.45, 2.75) is 5.22 Å². The molecule has 0 amide bonds. The van der Waals surface area contributed by atoms with Gasteiger partial charge in [-0.05, 0) is 12.1 Å². The summed E-state index contributed by atoms with van der Waals surface area (Å²) in [5.41, 5.74) is 4.65. The number of para-hydroxylation sites is 2. The molecule has 0 saturated heterocycles. The van der Waals surface area contributed by atoms with Crippen LogP contribution in [0, 0.1) is 0 Å². The zero-order valence-corrected chi connectivity index (χ0v) is 13.6. The van der Waals surface area contributed by atoms with Gasteiger partial charge in [0, 0.05) is 11.1 Å². The highest BCUT2D eigenvalue weighted by molar-refractivity contribution is 7.98. The Morgan fingerprint density at radius 2 is 1.33 bits per heavy atom. The lowest BCUT2D eigenvalue weighted by Crippen LogP contribution is -2.01. The molecule has 0 atom stereocenters. The second kappa shape index (κ2) is 6.72. The molecule has 0 radical (unpaired) electrons. The third kappa shape index (κ3) is 3.09. The molecule has 0 aliphatic rings. The van der Waals surface area contributed by atoms with E-state index in [9.17, 15) is 0 Å². The summed E-state index contributed by atoms with van der Waals surface area (Å²) in [5.74, 6) is 0. The highest BCUT2D eigenvalue weighted by Crippen LogP contribution is 2.25. The Labute approximate surface area is 144 Å². The van der Waals surface area contributed by atoms with Gasteiger partial charge in [-0.25, -0.2) is 9.38 Å². The van der Waals surface area contributed by atoms with Crippen molar-refractivity contribution in [1.29, 1.82) is 0 Å². The van der Waals surface area contributed by atoms with Crippen LogP contribution in [0.2, 0.25) is 0 Å². The lowest BCUT2D eigenvalue weighted by molar-refractivity contribution is 0.489. The summed E-state index contributed by atoms with van der Waals surface area (Å²) in [7, 11) is 0. The topological polar surface area (TPSA) is 38.4 Å². The van der Waals surface area contributed by atoms with E-state index in [1.54, 1.807) is 0 Å². The van der Waals surface area contributed by atoms with Gasteiger partial charge in [-0.2, -0.15) is 0 Å². The van der Waals surface area contributed by atoms with E-state index in [0.717, 1.165) is 27.9 Å². The van der Waals surface area contributed by atoms with Gasteiger partial charge in [0.15, 0.2) is 5.58 Å². The molecule has 0 aliphatic carbocycles. The Morgan fingerprint density at radius 1 is 0.750 bits per heavy atom. The molecule has 1 heterocycles. The highest BCUT2D eigenvalue weighted by Gasteiger charge is 2.09. The summed E-state index contributed by atoms with van der Waals surface area (Å²) in [6.07, 6.45) is 0. The summed E-state index contributed by atoms with van der Waals surface area (Å²) in [5, 5.41) is 0.542. The minimum atomic E-state index is 0.542.